The first-order valence-electron chi connectivity index (χ1n) is 7.66. The van der Waals surface area contributed by atoms with Crippen molar-refractivity contribution in [2.24, 2.45) is 11.8 Å². The molecule has 4 rings (SSSR count). The molecule has 3 heteroatoms. The van der Waals surface area contributed by atoms with Crippen LogP contribution in [0.2, 0.25) is 0 Å². The average molecular weight is 245 g/mol. The molecule has 98 valence electrons. The van der Waals surface area contributed by atoms with Gasteiger partial charge in [-0.25, -0.2) is 4.98 Å². The van der Waals surface area contributed by atoms with Gasteiger partial charge in [-0.1, -0.05) is 0 Å². The van der Waals surface area contributed by atoms with Crippen LogP contribution < -0.4 is 5.32 Å². The average Bonchev–Trinajstić information content (AvgIpc) is 3.32. The summed E-state index contributed by atoms with van der Waals surface area (Å²) < 4.78 is 2.56. The highest BCUT2D eigenvalue weighted by Crippen LogP contribution is 2.52. The third kappa shape index (κ3) is 1.99. The van der Waals surface area contributed by atoms with Crippen molar-refractivity contribution in [2.45, 2.75) is 50.5 Å². The minimum atomic E-state index is 0.696. The topological polar surface area (TPSA) is 29.9 Å². The third-order valence-electron chi connectivity index (χ3n) is 4.94. The molecule has 1 aromatic heterocycles. The molecular formula is C15H23N3. The smallest absolute Gasteiger partial charge is 0.0951 e. The molecule has 1 atom stereocenters. The summed E-state index contributed by atoms with van der Waals surface area (Å²) in [4.78, 5) is 4.47. The fourth-order valence-electron chi connectivity index (χ4n) is 3.70. The maximum absolute atomic E-state index is 4.47. The minimum absolute atomic E-state index is 0.696. The van der Waals surface area contributed by atoms with Crippen LogP contribution in [-0.2, 0) is 0 Å². The fraction of sp³-hybridized carbons (Fsp3) is 0.800. The summed E-state index contributed by atoms with van der Waals surface area (Å²) in [6.45, 7) is 2.34. The number of rotatable bonds is 4. The van der Waals surface area contributed by atoms with Crippen LogP contribution in [0.4, 0.5) is 0 Å². The molecule has 1 aliphatic heterocycles. The van der Waals surface area contributed by atoms with E-state index in [0.29, 0.717) is 5.92 Å². The van der Waals surface area contributed by atoms with Crippen molar-refractivity contribution in [2.75, 3.05) is 13.1 Å². The van der Waals surface area contributed by atoms with Crippen LogP contribution >= 0.6 is 0 Å². The van der Waals surface area contributed by atoms with Gasteiger partial charge in [0.1, 0.15) is 0 Å². The van der Waals surface area contributed by atoms with Gasteiger partial charge in [0.2, 0.25) is 0 Å². The van der Waals surface area contributed by atoms with E-state index < -0.39 is 0 Å². The van der Waals surface area contributed by atoms with Gasteiger partial charge in [0, 0.05) is 30.4 Å². The monoisotopic (exact) mass is 245 g/mol. The van der Waals surface area contributed by atoms with E-state index in [2.05, 4.69) is 27.4 Å². The van der Waals surface area contributed by atoms with Gasteiger partial charge >= 0.3 is 0 Å². The fourth-order valence-corrected chi connectivity index (χ4v) is 3.70. The van der Waals surface area contributed by atoms with Crippen LogP contribution in [0.1, 0.15) is 56.2 Å². The van der Waals surface area contributed by atoms with Gasteiger partial charge in [0.05, 0.1) is 6.33 Å². The SMILES string of the molecule is c1ncn(C(C2CC2)C2CC2)c1C1CCCNC1. The van der Waals surface area contributed by atoms with E-state index in [1.54, 1.807) is 0 Å². The molecule has 1 N–H and O–H groups in total. The largest absolute Gasteiger partial charge is 0.331 e. The Labute approximate surface area is 109 Å². The first kappa shape index (κ1) is 11.0. The van der Waals surface area contributed by atoms with Crippen LogP contribution in [0.3, 0.4) is 0 Å². The van der Waals surface area contributed by atoms with Crippen molar-refractivity contribution < 1.29 is 0 Å². The van der Waals surface area contributed by atoms with E-state index in [9.17, 15) is 0 Å². The Morgan fingerprint density at radius 1 is 1.17 bits per heavy atom. The molecule has 3 fully saturated rings. The second-order valence-electron chi connectivity index (χ2n) is 6.43. The molecule has 0 spiro atoms. The van der Waals surface area contributed by atoms with Gasteiger partial charge in [-0.2, -0.15) is 0 Å². The molecule has 2 saturated carbocycles. The van der Waals surface area contributed by atoms with E-state index in [-0.39, 0.29) is 0 Å². The van der Waals surface area contributed by atoms with Crippen molar-refractivity contribution in [1.82, 2.24) is 14.9 Å². The Hall–Kier alpha value is -0.830. The third-order valence-corrected chi connectivity index (χ3v) is 4.94. The molecule has 1 aromatic rings. The van der Waals surface area contributed by atoms with Gasteiger partial charge in [0.25, 0.3) is 0 Å². The van der Waals surface area contributed by atoms with Crippen molar-refractivity contribution in [3.05, 3.63) is 18.2 Å². The molecular weight excluding hydrogens is 222 g/mol. The number of imidazole rings is 1. The maximum atomic E-state index is 4.47. The molecule has 0 radical (unpaired) electrons. The summed E-state index contributed by atoms with van der Waals surface area (Å²) in [5, 5.41) is 3.54. The summed E-state index contributed by atoms with van der Waals surface area (Å²) in [5.74, 6) is 2.62. The molecule has 18 heavy (non-hydrogen) atoms. The Morgan fingerprint density at radius 2 is 1.94 bits per heavy atom. The van der Waals surface area contributed by atoms with Gasteiger partial charge < -0.3 is 9.88 Å². The predicted octanol–water partition coefficient (Wildman–Crippen LogP) is 2.71. The van der Waals surface area contributed by atoms with E-state index in [1.807, 2.05) is 0 Å². The highest BCUT2D eigenvalue weighted by Gasteiger charge is 2.43. The molecule has 2 heterocycles. The van der Waals surface area contributed by atoms with Crippen molar-refractivity contribution in [1.29, 1.82) is 0 Å². The molecule has 1 saturated heterocycles. The lowest BCUT2D eigenvalue weighted by Gasteiger charge is -2.27. The molecule has 3 nitrogen and oxygen atoms in total. The molecule has 3 aliphatic rings. The molecule has 1 unspecified atom stereocenters. The van der Waals surface area contributed by atoms with Crippen molar-refractivity contribution in [3.8, 4) is 0 Å². The van der Waals surface area contributed by atoms with E-state index >= 15 is 0 Å². The lowest BCUT2D eigenvalue weighted by atomic mass is 9.95. The van der Waals surface area contributed by atoms with Gasteiger partial charge in [-0.3, -0.25) is 0 Å². The van der Waals surface area contributed by atoms with Crippen LogP contribution in [0, 0.1) is 11.8 Å². The molecule has 0 aromatic carbocycles. The summed E-state index contributed by atoms with van der Waals surface area (Å²) in [7, 11) is 0. The van der Waals surface area contributed by atoms with Gasteiger partial charge in [-0.15, -0.1) is 0 Å². The number of hydrogen-bond donors (Lipinski definition) is 1. The van der Waals surface area contributed by atoms with Crippen LogP contribution in [-0.4, -0.2) is 22.6 Å². The highest BCUT2D eigenvalue weighted by atomic mass is 15.1. The van der Waals surface area contributed by atoms with E-state index in [1.165, 1.54) is 50.8 Å². The second kappa shape index (κ2) is 4.37. The number of piperidine rings is 1. The Morgan fingerprint density at radius 3 is 2.56 bits per heavy atom. The number of nitrogens with zero attached hydrogens (tertiary/aromatic N) is 2. The van der Waals surface area contributed by atoms with Crippen molar-refractivity contribution >= 4 is 0 Å². The van der Waals surface area contributed by atoms with Crippen LogP contribution in [0.25, 0.3) is 0 Å². The highest BCUT2D eigenvalue weighted by molar-refractivity contribution is 5.12. The summed E-state index contributed by atoms with van der Waals surface area (Å²) in [6, 6.07) is 0.782. The zero-order valence-electron chi connectivity index (χ0n) is 11.0. The van der Waals surface area contributed by atoms with E-state index in [4.69, 9.17) is 0 Å². The van der Waals surface area contributed by atoms with Gasteiger partial charge in [-0.05, 0) is 56.9 Å². The Bertz CT molecular complexity index is 399. The number of aromatic nitrogens is 2. The maximum Gasteiger partial charge on any atom is 0.0951 e. The lowest BCUT2D eigenvalue weighted by Crippen LogP contribution is -2.30. The first-order chi connectivity index (χ1) is 8.93. The predicted molar refractivity (Wildman–Crippen MR) is 71.6 cm³/mol. The standard InChI is InChI=1S/C15H23N3/c1-2-13(8-16-7-1)14-9-17-10-18(14)15(11-3-4-11)12-5-6-12/h9-13,15-16H,1-8H2. The second-order valence-corrected chi connectivity index (χ2v) is 6.43. The normalized spacial score (nSPS) is 28.8. The Balaban J connectivity index is 1.61. The number of nitrogens with one attached hydrogen (secondary N) is 1. The minimum Gasteiger partial charge on any atom is -0.331 e. The first-order valence-corrected chi connectivity index (χ1v) is 7.66. The summed E-state index contributed by atoms with van der Waals surface area (Å²) >= 11 is 0. The molecule has 2 aliphatic carbocycles. The quantitative estimate of drug-likeness (QED) is 0.884. The van der Waals surface area contributed by atoms with Crippen molar-refractivity contribution in [3.63, 3.8) is 0 Å². The summed E-state index contributed by atoms with van der Waals surface area (Å²) in [5.41, 5.74) is 1.51. The zero-order valence-corrected chi connectivity index (χ0v) is 11.0. The molecule has 0 amide bonds. The lowest BCUT2D eigenvalue weighted by molar-refractivity contribution is 0.361. The molecule has 0 bridgehead atoms. The summed E-state index contributed by atoms with van der Waals surface area (Å²) in [6.07, 6.45) is 12.7. The number of hydrogen-bond acceptors (Lipinski definition) is 2. The van der Waals surface area contributed by atoms with Crippen LogP contribution in [0.5, 0.6) is 0 Å². The Kier molecular flexibility index (Phi) is 2.68. The van der Waals surface area contributed by atoms with E-state index in [0.717, 1.165) is 24.4 Å². The van der Waals surface area contributed by atoms with Gasteiger partial charge in [0.15, 0.2) is 0 Å². The van der Waals surface area contributed by atoms with Crippen LogP contribution in [0.15, 0.2) is 12.5 Å². The zero-order chi connectivity index (χ0) is 11.9.